The number of aromatic nitrogens is 4. The maximum Gasteiger partial charge on any atom is 0.306 e. The topological polar surface area (TPSA) is 102 Å². The summed E-state index contributed by atoms with van der Waals surface area (Å²) >= 11 is 0. The molecule has 1 N–H and O–H groups in total. The molecular formula is C25H31FN6O3S. The Hall–Kier alpha value is -2.89. The van der Waals surface area contributed by atoms with Gasteiger partial charge in [0.15, 0.2) is 5.82 Å². The van der Waals surface area contributed by atoms with E-state index in [-0.39, 0.29) is 18.0 Å². The second kappa shape index (κ2) is 11.0. The van der Waals surface area contributed by atoms with Crippen molar-refractivity contribution < 1.29 is 17.5 Å². The molecule has 0 unspecified atom stereocenters. The second-order valence-electron chi connectivity index (χ2n) is 9.58. The quantitative estimate of drug-likeness (QED) is 0.493. The highest BCUT2D eigenvalue weighted by Gasteiger charge is 2.35. The molecule has 0 spiro atoms. The van der Waals surface area contributed by atoms with Crippen molar-refractivity contribution in [2.45, 2.75) is 50.2 Å². The summed E-state index contributed by atoms with van der Waals surface area (Å²) in [5.41, 5.74) is 1.07. The van der Waals surface area contributed by atoms with Crippen molar-refractivity contribution in [3.05, 3.63) is 72.7 Å². The molecule has 2 aliphatic rings. The normalized spacial score (nSPS) is 25.1. The predicted octanol–water partition coefficient (Wildman–Crippen LogP) is 3.13. The van der Waals surface area contributed by atoms with Gasteiger partial charge in [-0.3, -0.25) is 0 Å². The van der Waals surface area contributed by atoms with E-state index in [1.165, 1.54) is 24.8 Å². The molecule has 1 aromatic carbocycles. The first-order chi connectivity index (χ1) is 17.5. The summed E-state index contributed by atoms with van der Waals surface area (Å²) < 4.78 is 49.6. The summed E-state index contributed by atoms with van der Waals surface area (Å²) in [7, 11) is -3.77. The maximum atomic E-state index is 13.6. The number of anilines is 1. The number of nitrogens with one attached hydrogen (secondary N) is 1. The lowest BCUT2D eigenvalue weighted by Gasteiger charge is -2.39. The number of nitrogens with zero attached hydrogens (tertiary/aromatic N) is 5. The Balaban J connectivity index is 1.22. The van der Waals surface area contributed by atoms with Crippen molar-refractivity contribution in [3.8, 4) is 0 Å². The van der Waals surface area contributed by atoms with Gasteiger partial charge < -0.3 is 9.64 Å². The van der Waals surface area contributed by atoms with Gasteiger partial charge in [-0.05, 0) is 73.8 Å². The summed E-state index contributed by atoms with van der Waals surface area (Å²) in [6.07, 6.45) is 9.93. The molecule has 0 bridgehead atoms. The Labute approximate surface area is 210 Å². The zero-order valence-electron chi connectivity index (χ0n) is 20.0. The van der Waals surface area contributed by atoms with Crippen molar-refractivity contribution in [2.75, 3.05) is 24.6 Å². The standard InChI is InChI=1S/C25H31FN6O3S/c26-22-4-1-3-21(15-22)20-8-6-19(7-9-20)17-35-24-16-31(25-5-2-11-28-29-25)13-10-23(24)30-36(33,34)32-14-12-27-18-32/h1-5,11-12,14-15,18-20,23-24,30H,6-10,13,16-17H2/t19?,20?,23-,24+/m0/s1. The number of hydrogen-bond acceptors (Lipinski definition) is 7. The van der Waals surface area contributed by atoms with E-state index < -0.39 is 10.2 Å². The van der Waals surface area contributed by atoms with Gasteiger partial charge in [-0.1, -0.05) is 12.1 Å². The van der Waals surface area contributed by atoms with E-state index in [9.17, 15) is 12.8 Å². The van der Waals surface area contributed by atoms with Gasteiger partial charge in [0.2, 0.25) is 0 Å². The van der Waals surface area contributed by atoms with Gasteiger partial charge in [0.25, 0.3) is 0 Å². The molecule has 1 aliphatic heterocycles. The van der Waals surface area contributed by atoms with Gasteiger partial charge >= 0.3 is 10.2 Å². The van der Waals surface area contributed by atoms with E-state index in [1.807, 2.05) is 18.2 Å². The van der Waals surface area contributed by atoms with Crippen LogP contribution in [-0.4, -0.2) is 59.4 Å². The van der Waals surface area contributed by atoms with E-state index in [1.54, 1.807) is 18.3 Å². The minimum Gasteiger partial charge on any atom is -0.374 e. The molecule has 11 heteroatoms. The number of imidazole rings is 1. The molecule has 3 aromatic rings. The van der Waals surface area contributed by atoms with Crippen LogP contribution in [0.1, 0.15) is 43.6 Å². The van der Waals surface area contributed by atoms with Crippen molar-refractivity contribution in [1.82, 2.24) is 23.9 Å². The highest BCUT2D eigenvalue weighted by molar-refractivity contribution is 7.87. The van der Waals surface area contributed by atoms with Gasteiger partial charge in [-0.15, -0.1) is 5.10 Å². The van der Waals surface area contributed by atoms with E-state index >= 15 is 0 Å². The third-order valence-electron chi connectivity index (χ3n) is 7.21. The first kappa shape index (κ1) is 24.8. The van der Waals surface area contributed by atoms with Crippen LogP contribution in [0.5, 0.6) is 0 Å². The fraction of sp³-hybridized carbons (Fsp3) is 0.480. The van der Waals surface area contributed by atoms with Crippen LogP contribution < -0.4 is 9.62 Å². The van der Waals surface area contributed by atoms with Crippen molar-refractivity contribution in [3.63, 3.8) is 0 Å². The summed E-state index contributed by atoms with van der Waals surface area (Å²) in [6, 6.07) is 10.3. The van der Waals surface area contributed by atoms with Crippen molar-refractivity contribution >= 4 is 16.0 Å². The molecule has 2 atom stereocenters. The predicted molar refractivity (Wildman–Crippen MR) is 133 cm³/mol. The number of benzene rings is 1. The smallest absolute Gasteiger partial charge is 0.306 e. The molecule has 5 rings (SSSR count). The number of hydrogen-bond donors (Lipinski definition) is 1. The number of ether oxygens (including phenoxy) is 1. The Kier molecular flexibility index (Phi) is 7.59. The third-order valence-corrected chi connectivity index (χ3v) is 8.58. The second-order valence-corrected chi connectivity index (χ2v) is 11.2. The monoisotopic (exact) mass is 514 g/mol. The number of rotatable bonds is 8. The van der Waals surface area contributed by atoms with Crippen LogP contribution in [0.3, 0.4) is 0 Å². The van der Waals surface area contributed by atoms with Crippen LogP contribution in [-0.2, 0) is 14.9 Å². The third kappa shape index (κ3) is 5.91. The minimum atomic E-state index is -3.77. The van der Waals surface area contributed by atoms with E-state index in [4.69, 9.17) is 4.74 Å². The van der Waals surface area contributed by atoms with Crippen molar-refractivity contribution in [2.24, 2.45) is 5.92 Å². The molecule has 1 saturated carbocycles. The SMILES string of the molecule is O=S(=O)(N[C@H]1CCN(c2cccnn2)C[C@H]1OCC1CCC(c2cccc(F)c2)CC1)n1ccnc1. The highest BCUT2D eigenvalue weighted by atomic mass is 32.2. The first-order valence-electron chi connectivity index (χ1n) is 12.4. The van der Waals surface area contributed by atoms with Gasteiger partial charge in [0.05, 0.1) is 12.1 Å². The van der Waals surface area contributed by atoms with E-state index in [2.05, 4.69) is 24.8 Å². The van der Waals surface area contributed by atoms with Crippen LogP contribution >= 0.6 is 0 Å². The lowest BCUT2D eigenvalue weighted by Crippen LogP contribution is -2.56. The molecule has 192 valence electrons. The average Bonchev–Trinajstić information content (AvgIpc) is 3.45. The Bertz CT molecular complexity index is 1220. The number of piperidine rings is 1. The van der Waals surface area contributed by atoms with Crippen molar-refractivity contribution in [1.29, 1.82) is 0 Å². The molecule has 0 amide bonds. The molecule has 2 fully saturated rings. The van der Waals surface area contributed by atoms with E-state index in [0.717, 1.165) is 41.0 Å². The van der Waals surface area contributed by atoms with E-state index in [0.29, 0.717) is 38.0 Å². The summed E-state index contributed by atoms with van der Waals surface area (Å²) in [4.78, 5) is 5.93. The Morgan fingerprint density at radius 2 is 1.94 bits per heavy atom. The highest BCUT2D eigenvalue weighted by Crippen LogP contribution is 2.36. The lowest BCUT2D eigenvalue weighted by atomic mass is 9.79. The molecule has 2 aromatic heterocycles. The minimum absolute atomic E-state index is 0.188. The maximum absolute atomic E-state index is 13.6. The lowest BCUT2D eigenvalue weighted by molar-refractivity contribution is -0.00139. The van der Waals surface area contributed by atoms with Crippen LogP contribution in [0.15, 0.2) is 61.3 Å². The zero-order valence-corrected chi connectivity index (χ0v) is 20.8. The molecule has 3 heterocycles. The molecule has 1 saturated heterocycles. The van der Waals surface area contributed by atoms with Crippen LogP contribution in [0.25, 0.3) is 0 Å². The molecule has 36 heavy (non-hydrogen) atoms. The zero-order chi connectivity index (χ0) is 25.0. The Morgan fingerprint density at radius 1 is 1.08 bits per heavy atom. The largest absolute Gasteiger partial charge is 0.374 e. The Morgan fingerprint density at radius 3 is 2.67 bits per heavy atom. The molecule has 0 radical (unpaired) electrons. The van der Waals surface area contributed by atoms with Gasteiger partial charge in [-0.2, -0.15) is 18.2 Å². The summed E-state index contributed by atoms with van der Waals surface area (Å²) in [6.45, 7) is 1.70. The van der Waals surface area contributed by atoms with Gasteiger partial charge in [0, 0.05) is 38.3 Å². The molecular weight excluding hydrogens is 483 g/mol. The van der Waals surface area contributed by atoms with Crippen LogP contribution in [0.2, 0.25) is 0 Å². The van der Waals surface area contributed by atoms with Gasteiger partial charge in [-0.25, -0.2) is 13.3 Å². The van der Waals surface area contributed by atoms with Crippen LogP contribution in [0, 0.1) is 11.7 Å². The fourth-order valence-electron chi connectivity index (χ4n) is 5.21. The average molecular weight is 515 g/mol. The molecule has 1 aliphatic carbocycles. The van der Waals surface area contributed by atoms with Gasteiger partial charge in [0.1, 0.15) is 12.1 Å². The first-order valence-corrected chi connectivity index (χ1v) is 13.8. The van der Waals surface area contributed by atoms with Crippen LogP contribution in [0.4, 0.5) is 10.2 Å². The molecule has 9 nitrogen and oxygen atoms in total. The number of halogens is 1. The summed E-state index contributed by atoms with van der Waals surface area (Å²) in [5, 5.41) is 8.19. The fourth-order valence-corrected chi connectivity index (χ4v) is 6.38. The summed E-state index contributed by atoms with van der Waals surface area (Å²) in [5.74, 6) is 1.31.